The van der Waals surface area contributed by atoms with Gasteiger partial charge >= 0.3 is 0 Å². The fourth-order valence-electron chi connectivity index (χ4n) is 3.02. The van der Waals surface area contributed by atoms with E-state index in [1.54, 1.807) is 0 Å². The standard InChI is InChI=1S/C23H46O3Si/c1-8-9-10-11-12-14-17-21(26-27(6,7)23(3,4)5)18-15-13-16-19-22(25)20(2)24/h21H,8-19H2,1-7H3. The largest absolute Gasteiger partial charge is 0.414 e. The van der Waals surface area contributed by atoms with Crippen LogP contribution in [-0.2, 0) is 14.0 Å². The predicted octanol–water partition coefficient (Wildman–Crippen LogP) is 7.24. The van der Waals surface area contributed by atoms with Gasteiger partial charge in [-0.25, -0.2) is 0 Å². The van der Waals surface area contributed by atoms with Gasteiger partial charge in [-0.05, 0) is 37.4 Å². The normalized spacial score (nSPS) is 13.6. The van der Waals surface area contributed by atoms with Gasteiger partial charge < -0.3 is 4.43 Å². The number of hydrogen-bond donors (Lipinski definition) is 0. The summed E-state index contributed by atoms with van der Waals surface area (Å²) in [6.45, 7) is 15.2. The molecule has 0 rings (SSSR count). The Balaban J connectivity index is 4.38. The van der Waals surface area contributed by atoms with Gasteiger partial charge in [0.15, 0.2) is 19.9 Å². The Labute approximate surface area is 170 Å². The molecule has 0 bridgehead atoms. The zero-order valence-electron chi connectivity index (χ0n) is 19.3. The molecule has 27 heavy (non-hydrogen) atoms. The van der Waals surface area contributed by atoms with Gasteiger partial charge in [0, 0.05) is 19.4 Å². The monoisotopic (exact) mass is 398 g/mol. The SMILES string of the molecule is CCCCCCCCC(CCCCCC(=O)C(C)=O)O[Si](C)(C)C(C)(C)C. The molecule has 0 fully saturated rings. The van der Waals surface area contributed by atoms with Gasteiger partial charge in [-0.15, -0.1) is 0 Å². The van der Waals surface area contributed by atoms with Crippen LogP contribution in [0.2, 0.25) is 18.1 Å². The number of rotatable bonds is 16. The van der Waals surface area contributed by atoms with Crippen molar-refractivity contribution in [3.63, 3.8) is 0 Å². The first kappa shape index (κ1) is 26.5. The van der Waals surface area contributed by atoms with E-state index in [0.29, 0.717) is 12.5 Å². The lowest BCUT2D eigenvalue weighted by Gasteiger charge is -2.39. The van der Waals surface area contributed by atoms with Gasteiger partial charge in [-0.2, -0.15) is 0 Å². The van der Waals surface area contributed by atoms with Crippen molar-refractivity contribution in [1.82, 2.24) is 0 Å². The quantitative estimate of drug-likeness (QED) is 0.156. The van der Waals surface area contributed by atoms with Gasteiger partial charge in [0.2, 0.25) is 0 Å². The second-order valence-electron chi connectivity index (χ2n) is 9.64. The number of ketones is 2. The lowest BCUT2D eigenvalue weighted by atomic mass is 10.0. The molecule has 0 heterocycles. The van der Waals surface area contributed by atoms with Crippen LogP contribution in [0, 0.1) is 0 Å². The molecule has 1 unspecified atom stereocenters. The van der Waals surface area contributed by atoms with Crippen molar-refractivity contribution in [2.75, 3.05) is 0 Å². The number of unbranched alkanes of at least 4 members (excludes halogenated alkanes) is 7. The summed E-state index contributed by atoms with van der Waals surface area (Å²) in [6.07, 6.45) is 13.8. The molecule has 4 heteroatoms. The van der Waals surface area contributed by atoms with Crippen LogP contribution in [0.3, 0.4) is 0 Å². The Morgan fingerprint density at radius 1 is 0.852 bits per heavy atom. The summed E-state index contributed by atoms with van der Waals surface area (Å²) in [4.78, 5) is 22.4. The van der Waals surface area contributed by atoms with Gasteiger partial charge in [0.05, 0.1) is 0 Å². The molecule has 0 aromatic rings. The van der Waals surface area contributed by atoms with Crippen molar-refractivity contribution in [2.45, 2.75) is 136 Å². The molecule has 3 nitrogen and oxygen atoms in total. The van der Waals surface area contributed by atoms with E-state index in [9.17, 15) is 9.59 Å². The molecule has 0 N–H and O–H groups in total. The van der Waals surface area contributed by atoms with E-state index in [4.69, 9.17) is 4.43 Å². The van der Waals surface area contributed by atoms with E-state index < -0.39 is 8.32 Å². The van der Waals surface area contributed by atoms with E-state index >= 15 is 0 Å². The summed E-state index contributed by atoms with van der Waals surface area (Å²) in [7, 11) is -1.75. The van der Waals surface area contributed by atoms with E-state index in [-0.39, 0.29) is 16.6 Å². The highest BCUT2D eigenvalue weighted by molar-refractivity contribution is 6.74. The second kappa shape index (κ2) is 13.7. The first-order valence-corrected chi connectivity index (χ1v) is 14.1. The number of hydrogen-bond acceptors (Lipinski definition) is 3. The summed E-state index contributed by atoms with van der Waals surface area (Å²) in [5.74, 6) is -0.534. The molecular formula is C23H46O3Si. The molecule has 0 aliphatic carbocycles. The molecule has 0 saturated carbocycles. The fourth-order valence-corrected chi connectivity index (χ4v) is 4.44. The first-order valence-electron chi connectivity index (χ1n) is 11.2. The average molecular weight is 399 g/mol. The van der Waals surface area contributed by atoms with E-state index in [2.05, 4.69) is 40.8 Å². The first-order chi connectivity index (χ1) is 12.5. The molecular weight excluding hydrogens is 352 g/mol. The highest BCUT2D eigenvalue weighted by atomic mass is 28.4. The molecule has 0 aliphatic rings. The van der Waals surface area contributed by atoms with Gasteiger partial charge in [0.1, 0.15) is 0 Å². The highest BCUT2D eigenvalue weighted by Gasteiger charge is 2.38. The third kappa shape index (κ3) is 12.6. The minimum atomic E-state index is -1.75. The Bertz CT molecular complexity index is 424. The molecule has 0 aliphatic heterocycles. The molecule has 0 radical (unpaired) electrons. The summed E-state index contributed by atoms with van der Waals surface area (Å²) in [5, 5.41) is 0.236. The predicted molar refractivity (Wildman–Crippen MR) is 119 cm³/mol. The van der Waals surface area contributed by atoms with Crippen LogP contribution in [0.1, 0.15) is 112 Å². The molecule has 0 aromatic heterocycles. The maximum atomic E-state index is 11.4. The zero-order valence-corrected chi connectivity index (χ0v) is 20.3. The zero-order chi connectivity index (χ0) is 20.9. The molecule has 0 aromatic carbocycles. The van der Waals surface area contributed by atoms with Crippen molar-refractivity contribution in [3.8, 4) is 0 Å². The molecule has 0 amide bonds. The average Bonchev–Trinajstić information content (AvgIpc) is 2.55. The van der Waals surface area contributed by atoms with Gasteiger partial charge in [-0.1, -0.05) is 79.1 Å². The molecule has 0 saturated heterocycles. The van der Waals surface area contributed by atoms with Crippen LogP contribution in [0.5, 0.6) is 0 Å². The van der Waals surface area contributed by atoms with E-state index in [1.165, 1.54) is 45.4 Å². The molecule has 0 spiro atoms. The van der Waals surface area contributed by atoms with Crippen molar-refractivity contribution in [1.29, 1.82) is 0 Å². The molecule has 1 atom stereocenters. The molecule has 160 valence electrons. The Hall–Kier alpha value is -0.483. The van der Waals surface area contributed by atoms with Crippen molar-refractivity contribution < 1.29 is 14.0 Å². The smallest absolute Gasteiger partial charge is 0.198 e. The van der Waals surface area contributed by atoms with Crippen molar-refractivity contribution in [3.05, 3.63) is 0 Å². The third-order valence-electron chi connectivity index (χ3n) is 5.97. The summed E-state index contributed by atoms with van der Waals surface area (Å²) in [5.41, 5.74) is 0. The maximum absolute atomic E-state index is 11.4. The minimum Gasteiger partial charge on any atom is -0.414 e. The van der Waals surface area contributed by atoms with E-state index in [1.807, 2.05) is 0 Å². The van der Waals surface area contributed by atoms with Gasteiger partial charge in [-0.3, -0.25) is 9.59 Å². The Kier molecular flexibility index (Phi) is 13.4. The lowest BCUT2D eigenvalue weighted by Crippen LogP contribution is -2.44. The highest BCUT2D eigenvalue weighted by Crippen LogP contribution is 2.38. The number of carbonyl (C=O) groups is 2. The van der Waals surface area contributed by atoms with Crippen LogP contribution in [0.4, 0.5) is 0 Å². The number of carbonyl (C=O) groups excluding carboxylic acids is 2. The van der Waals surface area contributed by atoms with Crippen LogP contribution < -0.4 is 0 Å². The topological polar surface area (TPSA) is 43.4 Å². The second-order valence-corrected chi connectivity index (χ2v) is 14.4. The minimum absolute atomic E-state index is 0.226. The van der Waals surface area contributed by atoms with Crippen LogP contribution in [0.25, 0.3) is 0 Å². The summed E-state index contributed by atoms with van der Waals surface area (Å²) in [6, 6.07) is 0. The fraction of sp³-hybridized carbons (Fsp3) is 0.913. The summed E-state index contributed by atoms with van der Waals surface area (Å²) < 4.78 is 6.71. The Morgan fingerprint density at radius 2 is 1.33 bits per heavy atom. The van der Waals surface area contributed by atoms with Crippen LogP contribution in [-0.4, -0.2) is 26.0 Å². The van der Waals surface area contributed by atoms with Crippen molar-refractivity contribution in [2.24, 2.45) is 0 Å². The lowest BCUT2D eigenvalue weighted by molar-refractivity contribution is -0.135. The summed E-state index contributed by atoms with van der Waals surface area (Å²) >= 11 is 0. The Morgan fingerprint density at radius 3 is 1.81 bits per heavy atom. The maximum Gasteiger partial charge on any atom is 0.198 e. The third-order valence-corrected chi connectivity index (χ3v) is 10.5. The van der Waals surface area contributed by atoms with Crippen LogP contribution in [0.15, 0.2) is 0 Å². The van der Waals surface area contributed by atoms with Crippen LogP contribution >= 0.6 is 0 Å². The van der Waals surface area contributed by atoms with Crippen molar-refractivity contribution >= 4 is 19.9 Å². The number of Topliss-reactive ketones (excluding diaryl/α,β-unsaturated/α-hetero) is 2. The van der Waals surface area contributed by atoms with Gasteiger partial charge in [0.25, 0.3) is 0 Å². The van der Waals surface area contributed by atoms with E-state index in [0.717, 1.165) is 32.1 Å².